The molecule has 1 saturated carbocycles. The van der Waals surface area contributed by atoms with Gasteiger partial charge < -0.3 is 11.1 Å². The fraction of sp³-hybridized carbons (Fsp3) is 0.600. The summed E-state index contributed by atoms with van der Waals surface area (Å²) in [6, 6.07) is 5.20. The van der Waals surface area contributed by atoms with Gasteiger partial charge in [-0.15, -0.1) is 0 Å². The van der Waals surface area contributed by atoms with Gasteiger partial charge in [0.05, 0.1) is 4.92 Å². The monoisotopic (exact) mass is 277 g/mol. The maximum Gasteiger partial charge on any atom is 0.269 e. The summed E-state index contributed by atoms with van der Waals surface area (Å²) in [4.78, 5) is 10.4. The Morgan fingerprint density at radius 1 is 1.40 bits per heavy atom. The molecule has 1 aliphatic rings. The summed E-state index contributed by atoms with van der Waals surface area (Å²) in [6.45, 7) is 2.49. The van der Waals surface area contributed by atoms with E-state index in [2.05, 4.69) is 5.32 Å². The number of benzene rings is 1. The van der Waals surface area contributed by atoms with E-state index in [4.69, 9.17) is 5.73 Å². The molecule has 0 spiro atoms. The lowest BCUT2D eigenvalue weighted by atomic mass is 9.83. The summed E-state index contributed by atoms with van der Waals surface area (Å²) < 4.78 is 0. The molecule has 0 amide bonds. The molecule has 5 heteroatoms. The van der Waals surface area contributed by atoms with Crippen LogP contribution in [0.5, 0.6) is 0 Å². The van der Waals surface area contributed by atoms with Crippen molar-refractivity contribution >= 4 is 11.4 Å². The van der Waals surface area contributed by atoms with Gasteiger partial charge in [-0.3, -0.25) is 10.1 Å². The Morgan fingerprint density at radius 2 is 2.10 bits per heavy atom. The van der Waals surface area contributed by atoms with Crippen molar-refractivity contribution < 1.29 is 4.92 Å². The van der Waals surface area contributed by atoms with Crippen molar-refractivity contribution in [3.8, 4) is 0 Å². The van der Waals surface area contributed by atoms with Crippen molar-refractivity contribution in [3.05, 3.63) is 33.9 Å². The Balaban J connectivity index is 2.08. The number of hydrogen-bond acceptors (Lipinski definition) is 4. The van der Waals surface area contributed by atoms with Crippen LogP contribution in [0, 0.1) is 23.0 Å². The molecule has 1 aliphatic carbocycles. The lowest BCUT2D eigenvalue weighted by molar-refractivity contribution is -0.384. The highest BCUT2D eigenvalue weighted by Gasteiger charge is 2.23. The number of anilines is 1. The third-order valence-corrected chi connectivity index (χ3v) is 4.23. The summed E-state index contributed by atoms with van der Waals surface area (Å²) in [7, 11) is 0. The Morgan fingerprint density at radius 3 is 2.65 bits per heavy atom. The van der Waals surface area contributed by atoms with E-state index >= 15 is 0 Å². The summed E-state index contributed by atoms with van der Waals surface area (Å²) in [5, 5.41) is 14.2. The van der Waals surface area contributed by atoms with Crippen molar-refractivity contribution in [2.45, 2.75) is 45.1 Å². The molecule has 0 radical (unpaired) electrons. The van der Waals surface area contributed by atoms with E-state index in [-0.39, 0.29) is 16.7 Å². The number of nitro benzene ring substituents is 1. The average Bonchev–Trinajstić information content (AvgIpc) is 2.46. The number of non-ortho nitro benzene ring substituents is 1. The second-order valence-corrected chi connectivity index (χ2v) is 5.64. The first-order valence-corrected chi connectivity index (χ1v) is 7.33. The van der Waals surface area contributed by atoms with Crippen LogP contribution in [0.2, 0.25) is 0 Å². The number of hydrogen-bond donors (Lipinski definition) is 2. The molecule has 0 saturated heterocycles. The zero-order valence-corrected chi connectivity index (χ0v) is 12.0. The van der Waals surface area contributed by atoms with Crippen LogP contribution in [0.3, 0.4) is 0 Å². The standard InChI is InChI=1S/C15H23N3O2/c1-11-9-13(18(19)20)7-8-14(11)17-15(10-16)12-5-3-2-4-6-12/h7-9,12,15,17H,2-6,10,16H2,1H3. The van der Waals surface area contributed by atoms with Crippen LogP contribution in [-0.4, -0.2) is 17.5 Å². The highest BCUT2D eigenvalue weighted by atomic mass is 16.6. The minimum atomic E-state index is -0.363. The van der Waals surface area contributed by atoms with E-state index < -0.39 is 0 Å². The van der Waals surface area contributed by atoms with Gasteiger partial charge in [0, 0.05) is 30.4 Å². The van der Waals surface area contributed by atoms with Gasteiger partial charge in [-0.05, 0) is 37.3 Å². The van der Waals surface area contributed by atoms with Crippen molar-refractivity contribution in [2.24, 2.45) is 11.7 Å². The van der Waals surface area contributed by atoms with Crippen molar-refractivity contribution in [1.82, 2.24) is 0 Å². The normalized spacial score (nSPS) is 17.7. The Labute approximate surface area is 119 Å². The largest absolute Gasteiger partial charge is 0.381 e. The average molecular weight is 277 g/mol. The summed E-state index contributed by atoms with van der Waals surface area (Å²) in [6.07, 6.45) is 6.33. The van der Waals surface area contributed by atoms with E-state index in [0.29, 0.717) is 12.5 Å². The molecule has 20 heavy (non-hydrogen) atoms. The van der Waals surface area contributed by atoms with Gasteiger partial charge in [0.15, 0.2) is 0 Å². The quantitative estimate of drug-likeness (QED) is 0.639. The van der Waals surface area contributed by atoms with E-state index in [1.165, 1.54) is 32.1 Å². The van der Waals surface area contributed by atoms with Gasteiger partial charge in [0.25, 0.3) is 5.69 Å². The first kappa shape index (κ1) is 14.8. The zero-order chi connectivity index (χ0) is 14.5. The van der Waals surface area contributed by atoms with Gasteiger partial charge in [-0.25, -0.2) is 0 Å². The Kier molecular flexibility index (Phi) is 4.95. The smallest absolute Gasteiger partial charge is 0.269 e. The first-order valence-electron chi connectivity index (χ1n) is 7.33. The van der Waals surface area contributed by atoms with Gasteiger partial charge >= 0.3 is 0 Å². The van der Waals surface area contributed by atoms with E-state index in [1.54, 1.807) is 18.2 Å². The van der Waals surface area contributed by atoms with Gasteiger partial charge in [-0.2, -0.15) is 0 Å². The maximum absolute atomic E-state index is 10.8. The first-order chi connectivity index (χ1) is 9.61. The second kappa shape index (κ2) is 6.70. The maximum atomic E-state index is 10.8. The van der Waals surface area contributed by atoms with Crippen molar-refractivity contribution in [2.75, 3.05) is 11.9 Å². The topological polar surface area (TPSA) is 81.2 Å². The van der Waals surface area contributed by atoms with Crippen LogP contribution in [0.4, 0.5) is 11.4 Å². The number of nitrogens with zero attached hydrogens (tertiary/aromatic N) is 1. The summed E-state index contributed by atoms with van der Waals surface area (Å²) in [5.41, 5.74) is 7.90. The molecule has 0 aliphatic heterocycles. The van der Waals surface area contributed by atoms with Gasteiger partial charge in [0.1, 0.15) is 0 Å². The minimum absolute atomic E-state index is 0.134. The second-order valence-electron chi connectivity index (χ2n) is 5.64. The van der Waals surface area contributed by atoms with Crippen LogP contribution in [0.1, 0.15) is 37.7 Å². The molecular formula is C15H23N3O2. The van der Waals surface area contributed by atoms with E-state index in [1.807, 2.05) is 6.92 Å². The molecule has 1 aromatic rings. The summed E-state index contributed by atoms with van der Waals surface area (Å²) >= 11 is 0. The molecule has 1 unspecified atom stereocenters. The number of nitrogens with two attached hydrogens (primary N) is 1. The van der Waals surface area contributed by atoms with E-state index in [0.717, 1.165) is 11.3 Å². The van der Waals surface area contributed by atoms with Crippen LogP contribution in [-0.2, 0) is 0 Å². The predicted molar refractivity (Wildman–Crippen MR) is 80.9 cm³/mol. The molecule has 5 nitrogen and oxygen atoms in total. The van der Waals surface area contributed by atoms with Crippen LogP contribution < -0.4 is 11.1 Å². The Bertz CT molecular complexity index is 470. The fourth-order valence-electron chi connectivity index (χ4n) is 3.03. The predicted octanol–water partition coefficient (Wildman–Crippen LogP) is 3.22. The fourth-order valence-corrected chi connectivity index (χ4v) is 3.03. The highest BCUT2D eigenvalue weighted by Crippen LogP contribution is 2.29. The molecule has 0 bridgehead atoms. The third-order valence-electron chi connectivity index (χ3n) is 4.23. The molecule has 0 aromatic heterocycles. The molecular weight excluding hydrogens is 254 g/mol. The third kappa shape index (κ3) is 3.48. The number of rotatable bonds is 5. The molecule has 1 fully saturated rings. The van der Waals surface area contributed by atoms with Crippen LogP contribution >= 0.6 is 0 Å². The molecule has 0 heterocycles. The van der Waals surface area contributed by atoms with Gasteiger partial charge in [0.2, 0.25) is 0 Å². The van der Waals surface area contributed by atoms with E-state index in [9.17, 15) is 10.1 Å². The number of nitro groups is 1. The molecule has 110 valence electrons. The van der Waals surface area contributed by atoms with Gasteiger partial charge in [-0.1, -0.05) is 19.3 Å². The lowest BCUT2D eigenvalue weighted by Crippen LogP contribution is -2.37. The molecule has 1 atom stereocenters. The van der Waals surface area contributed by atoms with Crippen LogP contribution in [0.25, 0.3) is 0 Å². The molecule has 2 rings (SSSR count). The summed E-state index contributed by atoms with van der Waals surface area (Å²) in [5.74, 6) is 0.614. The number of nitrogens with one attached hydrogen (secondary N) is 1. The highest BCUT2D eigenvalue weighted by molar-refractivity contribution is 5.56. The molecule has 3 N–H and O–H groups in total. The molecule has 1 aromatic carbocycles. The minimum Gasteiger partial charge on any atom is -0.381 e. The van der Waals surface area contributed by atoms with Crippen LogP contribution in [0.15, 0.2) is 18.2 Å². The Hall–Kier alpha value is -1.62. The lowest BCUT2D eigenvalue weighted by Gasteiger charge is -2.31. The number of aryl methyl sites for hydroxylation is 1. The van der Waals surface area contributed by atoms with Crippen molar-refractivity contribution in [3.63, 3.8) is 0 Å². The van der Waals surface area contributed by atoms with Crippen molar-refractivity contribution in [1.29, 1.82) is 0 Å². The zero-order valence-electron chi connectivity index (χ0n) is 12.0. The SMILES string of the molecule is Cc1cc([N+](=O)[O-])ccc1NC(CN)C1CCCCC1.